The van der Waals surface area contributed by atoms with E-state index in [4.69, 9.17) is 10.5 Å². The number of fused-ring (bicyclic) bond motifs is 1. The molecular weight excluding hydrogens is 282 g/mol. The molecule has 0 radical (unpaired) electrons. The maximum Gasteiger partial charge on any atom is 0.146 e. The van der Waals surface area contributed by atoms with Crippen molar-refractivity contribution >= 4 is 23.3 Å². The molecule has 0 amide bonds. The largest absolute Gasteiger partial charge is 0.456 e. The van der Waals surface area contributed by atoms with Crippen molar-refractivity contribution in [2.24, 2.45) is 5.41 Å². The molecular formula is C16H19N3OS. The van der Waals surface area contributed by atoms with Crippen LogP contribution in [0.3, 0.4) is 0 Å². The van der Waals surface area contributed by atoms with Crippen LogP contribution in [-0.4, -0.2) is 17.3 Å². The highest BCUT2D eigenvalue weighted by Gasteiger charge is 2.25. The summed E-state index contributed by atoms with van der Waals surface area (Å²) < 4.78 is 6.00. The van der Waals surface area contributed by atoms with Crippen molar-refractivity contribution in [3.8, 4) is 11.5 Å². The molecule has 2 aromatic rings. The fourth-order valence-electron chi connectivity index (χ4n) is 2.08. The van der Waals surface area contributed by atoms with E-state index >= 15 is 0 Å². The van der Waals surface area contributed by atoms with E-state index in [9.17, 15) is 0 Å². The zero-order valence-corrected chi connectivity index (χ0v) is 13.0. The number of thioether (sulfide) groups is 1. The van der Waals surface area contributed by atoms with Crippen LogP contribution in [0.4, 0.5) is 11.5 Å². The molecule has 0 fully saturated rings. The normalized spacial score (nSPS) is 16.5. The summed E-state index contributed by atoms with van der Waals surface area (Å²) in [5, 5.41) is 3.42. The van der Waals surface area contributed by atoms with Crippen molar-refractivity contribution in [2.45, 2.75) is 18.7 Å². The van der Waals surface area contributed by atoms with Gasteiger partial charge in [0.15, 0.2) is 0 Å². The minimum absolute atomic E-state index is 0.226. The van der Waals surface area contributed by atoms with Crippen LogP contribution in [0.2, 0.25) is 0 Å². The Bertz CT molecular complexity index is 640. The molecule has 0 saturated carbocycles. The molecule has 0 unspecified atom stereocenters. The molecule has 1 aliphatic heterocycles. The molecule has 0 saturated heterocycles. The van der Waals surface area contributed by atoms with E-state index in [-0.39, 0.29) is 5.41 Å². The Hall–Kier alpha value is -1.88. The first-order chi connectivity index (χ1) is 10.0. The monoisotopic (exact) mass is 301 g/mol. The summed E-state index contributed by atoms with van der Waals surface area (Å²) in [7, 11) is 0. The third-order valence-electron chi connectivity index (χ3n) is 3.32. The lowest BCUT2D eigenvalue weighted by Gasteiger charge is -2.20. The van der Waals surface area contributed by atoms with Gasteiger partial charge < -0.3 is 15.8 Å². The highest BCUT2D eigenvalue weighted by Crippen LogP contribution is 2.42. The van der Waals surface area contributed by atoms with E-state index in [1.807, 2.05) is 30.3 Å². The van der Waals surface area contributed by atoms with Crippen LogP contribution in [0.15, 0.2) is 41.4 Å². The average molecular weight is 301 g/mol. The van der Waals surface area contributed by atoms with Crippen LogP contribution in [0, 0.1) is 5.41 Å². The first-order valence-electron chi connectivity index (χ1n) is 6.93. The van der Waals surface area contributed by atoms with Gasteiger partial charge in [0.25, 0.3) is 0 Å². The predicted octanol–water partition coefficient (Wildman–Crippen LogP) is 4.00. The Balaban J connectivity index is 1.89. The van der Waals surface area contributed by atoms with Crippen molar-refractivity contribution in [1.82, 2.24) is 4.98 Å². The Kier molecular flexibility index (Phi) is 3.68. The van der Waals surface area contributed by atoms with Crippen LogP contribution >= 0.6 is 11.8 Å². The molecule has 1 aliphatic rings. The van der Waals surface area contributed by atoms with Crippen molar-refractivity contribution in [2.75, 3.05) is 23.3 Å². The van der Waals surface area contributed by atoms with Gasteiger partial charge in [-0.15, -0.1) is 11.8 Å². The second-order valence-electron chi connectivity index (χ2n) is 5.96. The number of aromatic nitrogens is 1. The van der Waals surface area contributed by atoms with E-state index < -0.39 is 0 Å². The van der Waals surface area contributed by atoms with Gasteiger partial charge in [0.1, 0.15) is 17.3 Å². The molecule has 110 valence electrons. The second-order valence-corrected chi connectivity index (χ2v) is 6.95. The Morgan fingerprint density at radius 1 is 1.24 bits per heavy atom. The van der Waals surface area contributed by atoms with Crippen molar-refractivity contribution in [1.29, 1.82) is 0 Å². The van der Waals surface area contributed by atoms with E-state index in [1.165, 1.54) is 0 Å². The van der Waals surface area contributed by atoms with Crippen molar-refractivity contribution in [3.63, 3.8) is 0 Å². The summed E-state index contributed by atoms with van der Waals surface area (Å²) in [6.07, 6.45) is 1.78. The topological polar surface area (TPSA) is 60.2 Å². The fourth-order valence-corrected chi connectivity index (χ4v) is 3.23. The number of nitrogens with one attached hydrogen (secondary N) is 1. The molecule has 0 bridgehead atoms. The molecule has 1 aromatic carbocycles. The maximum atomic E-state index is 6.00. The maximum absolute atomic E-state index is 6.00. The number of anilines is 2. The van der Waals surface area contributed by atoms with Crippen molar-refractivity contribution < 1.29 is 4.74 Å². The van der Waals surface area contributed by atoms with E-state index in [0.717, 1.165) is 40.2 Å². The Morgan fingerprint density at radius 2 is 2.00 bits per heavy atom. The quantitative estimate of drug-likeness (QED) is 0.821. The molecule has 0 spiro atoms. The summed E-state index contributed by atoms with van der Waals surface area (Å²) in [4.78, 5) is 5.50. The van der Waals surface area contributed by atoms with E-state index in [1.54, 1.807) is 18.0 Å². The van der Waals surface area contributed by atoms with Gasteiger partial charge >= 0.3 is 0 Å². The molecule has 3 rings (SSSR count). The first-order valence-corrected chi connectivity index (χ1v) is 7.91. The Labute approximate surface area is 129 Å². The number of hydrogen-bond donors (Lipinski definition) is 2. The molecule has 1 aromatic heterocycles. The van der Waals surface area contributed by atoms with Crippen LogP contribution in [-0.2, 0) is 0 Å². The average Bonchev–Trinajstić information content (AvgIpc) is 2.61. The van der Waals surface area contributed by atoms with Gasteiger partial charge in [-0.2, -0.15) is 0 Å². The van der Waals surface area contributed by atoms with Gasteiger partial charge in [0.2, 0.25) is 0 Å². The van der Waals surface area contributed by atoms with Crippen molar-refractivity contribution in [3.05, 3.63) is 36.5 Å². The third kappa shape index (κ3) is 3.24. The number of ether oxygens (including phenoxy) is 1. The van der Waals surface area contributed by atoms with E-state index in [2.05, 4.69) is 24.1 Å². The molecule has 4 nitrogen and oxygen atoms in total. The third-order valence-corrected chi connectivity index (χ3v) is 4.93. The highest BCUT2D eigenvalue weighted by molar-refractivity contribution is 7.99. The van der Waals surface area contributed by atoms with Gasteiger partial charge in [0, 0.05) is 30.2 Å². The molecule has 5 heteroatoms. The lowest BCUT2D eigenvalue weighted by Crippen LogP contribution is -2.23. The summed E-state index contributed by atoms with van der Waals surface area (Å²) >= 11 is 1.79. The molecule has 21 heavy (non-hydrogen) atoms. The lowest BCUT2D eigenvalue weighted by atomic mass is 9.97. The zero-order valence-electron chi connectivity index (χ0n) is 12.2. The number of rotatable bonds is 2. The van der Waals surface area contributed by atoms with Crippen LogP contribution in [0.5, 0.6) is 11.5 Å². The molecule has 0 aliphatic carbocycles. The SMILES string of the molecule is CC1(C)CNc2nccc(Oc3ccc(N)cc3)c2SC1. The van der Waals surface area contributed by atoms with Crippen LogP contribution in [0.25, 0.3) is 0 Å². The smallest absolute Gasteiger partial charge is 0.146 e. The van der Waals surface area contributed by atoms with Gasteiger partial charge in [-0.25, -0.2) is 4.98 Å². The minimum Gasteiger partial charge on any atom is -0.456 e. The second kappa shape index (κ2) is 5.48. The molecule has 2 heterocycles. The number of hydrogen-bond acceptors (Lipinski definition) is 5. The van der Waals surface area contributed by atoms with Crippen LogP contribution in [0.1, 0.15) is 13.8 Å². The highest BCUT2D eigenvalue weighted by atomic mass is 32.2. The van der Waals surface area contributed by atoms with Gasteiger partial charge in [-0.3, -0.25) is 0 Å². The molecule has 0 atom stereocenters. The summed E-state index contributed by atoms with van der Waals surface area (Å²) in [5.41, 5.74) is 6.66. The standard InChI is InChI=1S/C16H19N3OS/c1-16(2)9-19-15-14(21-10-16)13(7-8-18-15)20-12-5-3-11(17)4-6-12/h3-8H,9-10,17H2,1-2H3,(H,18,19). The number of pyridine rings is 1. The minimum atomic E-state index is 0.226. The summed E-state index contributed by atoms with van der Waals surface area (Å²) in [5.74, 6) is 3.54. The number of nitrogen functional groups attached to an aromatic ring is 1. The number of nitrogens with two attached hydrogens (primary N) is 1. The van der Waals surface area contributed by atoms with Gasteiger partial charge in [0.05, 0.1) is 4.90 Å². The number of benzene rings is 1. The fraction of sp³-hybridized carbons (Fsp3) is 0.312. The van der Waals surface area contributed by atoms with Crippen LogP contribution < -0.4 is 15.8 Å². The Morgan fingerprint density at radius 3 is 2.76 bits per heavy atom. The first kappa shape index (κ1) is 14.1. The van der Waals surface area contributed by atoms with E-state index in [0.29, 0.717) is 0 Å². The predicted molar refractivity (Wildman–Crippen MR) is 88.2 cm³/mol. The lowest BCUT2D eigenvalue weighted by molar-refractivity contribution is 0.455. The van der Waals surface area contributed by atoms with Gasteiger partial charge in [-0.1, -0.05) is 13.8 Å². The molecule has 3 N–H and O–H groups in total. The summed E-state index contributed by atoms with van der Waals surface area (Å²) in [6.45, 7) is 5.41. The zero-order chi connectivity index (χ0) is 14.9. The summed E-state index contributed by atoms with van der Waals surface area (Å²) in [6, 6.07) is 9.33. The number of nitrogens with zero attached hydrogens (tertiary/aromatic N) is 1. The van der Waals surface area contributed by atoms with Gasteiger partial charge in [-0.05, 0) is 29.7 Å².